The summed E-state index contributed by atoms with van der Waals surface area (Å²) in [6.45, 7) is 3.92. The Labute approximate surface area is 196 Å². The van der Waals surface area contributed by atoms with Gasteiger partial charge in [0.15, 0.2) is 5.84 Å². The van der Waals surface area contributed by atoms with Crippen molar-refractivity contribution < 1.29 is 19.4 Å². The molecule has 0 aromatic heterocycles. The number of nitro groups is 2. The van der Waals surface area contributed by atoms with Crippen LogP contribution >= 0.6 is 11.8 Å². The molecule has 2 aromatic carbocycles. The van der Waals surface area contributed by atoms with Crippen molar-refractivity contribution in [3.05, 3.63) is 73.8 Å². The van der Waals surface area contributed by atoms with Gasteiger partial charge in [0.2, 0.25) is 10.9 Å². The topological polar surface area (TPSA) is 164 Å². The average molecular weight is 480 g/mol. The second kappa shape index (κ2) is 8.86. The molecule has 13 heteroatoms. The third kappa shape index (κ3) is 4.41. The van der Waals surface area contributed by atoms with Gasteiger partial charge in [-0.1, -0.05) is 26.0 Å². The van der Waals surface area contributed by atoms with Crippen LogP contribution < -0.4 is 4.74 Å². The fourth-order valence-corrected chi connectivity index (χ4v) is 3.91. The Morgan fingerprint density at radius 1 is 1.12 bits per heavy atom. The minimum atomic E-state index is -0.764. The Morgan fingerprint density at radius 2 is 1.82 bits per heavy atom. The predicted octanol–water partition coefficient (Wildman–Crippen LogP) is 4.57. The molecule has 0 radical (unpaired) electrons. The number of nitrogens with one attached hydrogen (secondary N) is 1. The fraction of sp³-hybridized carbons (Fsp3) is 0.143. The third-order valence-electron chi connectivity index (χ3n) is 4.73. The average Bonchev–Trinajstić information content (AvgIpc) is 3.22. The molecule has 0 aliphatic carbocycles. The summed E-state index contributed by atoms with van der Waals surface area (Å²) in [6.07, 6.45) is 1.50. The summed E-state index contributed by atoms with van der Waals surface area (Å²) < 4.78 is 5.54. The van der Waals surface area contributed by atoms with Crippen molar-refractivity contribution in [3.8, 4) is 11.5 Å². The van der Waals surface area contributed by atoms with E-state index in [1.807, 2.05) is 13.8 Å². The van der Waals surface area contributed by atoms with Crippen molar-refractivity contribution in [2.24, 2.45) is 16.0 Å². The molecule has 2 heterocycles. The molecule has 172 valence electrons. The number of benzene rings is 2. The van der Waals surface area contributed by atoms with Crippen molar-refractivity contribution in [2.75, 3.05) is 0 Å². The number of thioether (sulfide) groups is 1. The zero-order valence-corrected chi connectivity index (χ0v) is 18.6. The number of amidine groups is 2. The highest BCUT2D eigenvalue weighted by Crippen LogP contribution is 2.35. The van der Waals surface area contributed by atoms with Crippen LogP contribution in [0, 0.1) is 31.6 Å². The molecule has 12 nitrogen and oxygen atoms in total. The lowest BCUT2D eigenvalue weighted by Gasteiger charge is -2.20. The summed E-state index contributed by atoms with van der Waals surface area (Å²) in [7, 11) is 0. The molecule has 0 saturated heterocycles. The molecule has 1 amide bonds. The van der Waals surface area contributed by atoms with Gasteiger partial charge < -0.3 is 4.74 Å². The van der Waals surface area contributed by atoms with Gasteiger partial charge in [0.25, 0.3) is 11.6 Å². The number of carbonyl (C=O) groups excluding carboxylic acids is 1. The highest BCUT2D eigenvalue weighted by molar-refractivity contribution is 8.27. The highest BCUT2D eigenvalue weighted by Gasteiger charge is 2.36. The molecule has 0 unspecified atom stereocenters. The molecule has 2 aliphatic rings. The van der Waals surface area contributed by atoms with Crippen LogP contribution in [0.3, 0.4) is 0 Å². The lowest BCUT2D eigenvalue weighted by molar-refractivity contribution is -0.394. The molecular formula is C21H16N6O6S. The standard InChI is InChI=1S/C21H16N6O6S/c1-11(2)20-24-25-18(22)15(19(28)23-21(25)34-20)9-12-3-6-14(7-4-12)33-17-8-5-13(26(29)30)10-16(17)27(31)32/h3-11,22H,1-2H3/b15-9-,22-18?. The van der Waals surface area contributed by atoms with Crippen molar-refractivity contribution in [1.82, 2.24) is 5.01 Å². The Kier molecular flexibility index (Phi) is 5.94. The van der Waals surface area contributed by atoms with Gasteiger partial charge in [0, 0.05) is 12.0 Å². The Hall–Kier alpha value is -4.39. The van der Waals surface area contributed by atoms with Crippen molar-refractivity contribution in [1.29, 1.82) is 5.41 Å². The molecule has 2 aromatic rings. The van der Waals surface area contributed by atoms with Crippen LogP contribution in [0.15, 0.2) is 58.1 Å². The molecule has 0 spiro atoms. The largest absolute Gasteiger partial charge is 0.450 e. The monoisotopic (exact) mass is 480 g/mol. The molecule has 2 aliphatic heterocycles. The zero-order chi connectivity index (χ0) is 24.6. The highest BCUT2D eigenvalue weighted by atomic mass is 32.2. The van der Waals surface area contributed by atoms with Gasteiger partial charge >= 0.3 is 5.69 Å². The number of hydrazone groups is 1. The molecule has 0 atom stereocenters. The number of carbonyl (C=O) groups is 1. The van der Waals surface area contributed by atoms with Gasteiger partial charge in [-0.05, 0) is 41.6 Å². The van der Waals surface area contributed by atoms with Gasteiger partial charge in [0.1, 0.15) is 10.8 Å². The number of hydrogen-bond acceptors (Lipinski definition) is 9. The maximum atomic E-state index is 12.5. The van der Waals surface area contributed by atoms with Crippen molar-refractivity contribution in [2.45, 2.75) is 13.8 Å². The van der Waals surface area contributed by atoms with E-state index in [-0.39, 0.29) is 28.8 Å². The quantitative estimate of drug-likeness (QED) is 0.357. The number of fused-ring (bicyclic) bond motifs is 1. The van der Waals surface area contributed by atoms with Gasteiger partial charge in [0.05, 0.1) is 21.5 Å². The van der Waals surface area contributed by atoms with E-state index in [4.69, 9.17) is 10.1 Å². The van der Waals surface area contributed by atoms with Crippen LogP contribution in [0.5, 0.6) is 11.5 Å². The molecular weight excluding hydrogens is 464 g/mol. The zero-order valence-electron chi connectivity index (χ0n) is 17.8. The maximum Gasteiger partial charge on any atom is 0.318 e. The number of rotatable bonds is 6. The van der Waals surface area contributed by atoms with Crippen LogP contribution in [0.25, 0.3) is 6.08 Å². The second-order valence-electron chi connectivity index (χ2n) is 7.45. The van der Waals surface area contributed by atoms with Gasteiger partial charge in [-0.25, -0.2) is 0 Å². The smallest absolute Gasteiger partial charge is 0.318 e. The number of aliphatic imine (C=N–C) groups is 1. The van der Waals surface area contributed by atoms with E-state index >= 15 is 0 Å². The normalized spacial score (nSPS) is 16.4. The third-order valence-corrected chi connectivity index (χ3v) is 5.94. The van der Waals surface area contributed by atoms with E-state index < -0.39 is 27.1 Å². The van der Waals surface area contributed by atoms with Gasteiger partial charge in [-0.15, -0.1) is 0 Å². The van der Waals surface area contributed by atoms with Gasteiger partial charge in [-0.2, -0.15) is 15.1 Å². The van der Waals surface area contributed by atoms with Crippen LogP contribution in [0.4, 0.5) is 11.4 Å². The molecule has 0 fully saturated rings. The van der Waals surface area contributed by atoms with Crippen LogP contribution in [0.1, 0.15) is 19.4 Å². The van der Waals surface area contributed by atoms with Crippen molar-refractivity contribution in [3.63, 3.8) is 0 Å². The Bertz CT molecular complexity index is 1330. The lowest BCUT2D eigenvalue weighted by Crippen LogP contribution is -2.35. The second-order valence-corrected chi connectivity index (χ2v) is 8.44. The van der Waals surface area contributed by atoms with Crippen LogP contribution in [-0.4, -0.2) is 36.8 Å². The summed E-state index contributed by atoms with van der Waals surface area (Å²) in [5.41, 5.74) is -0.331. The summed E-state index contributed by atoms with van der Waals surface area (Å²) in [5, 5.41) is 37.4. The minimum Gasteiger partial charge on any atom is -0.450 e. The first-order valence-electron chi connectivity index (χ1n) is 9.85. The molecule has 34 heavy (non-hydrogen) atoms. The maximum absolute atomic E-state index is 12.5. The first-order chi connectivity index (χ1) is 16.1. The summed E-state index contributed by atoms with van der Waals surface area (Å²) in [4.78, 5) is 37.2. The number of hydrogen-bond donors (Lipinski definition) is 1. The SMILES string of the molecule is CC(C)C1=NN2C(=N)/C(=C/c3ccc(Oc4ccc([N+](=O)[O-])cc4[N+](=O)[O-])cc3)C(=O)N=C2S1. The summed E-state index contributed by atoms with van der Waals surface area (Å²) in [5.74, 6) is -0.414. The first-order valence-corrected chi connectivity index (χ1v) is 10.7. The first kappa shape index (κ1) is 22.8. The fourth-order valence-electron chi connectivity index (χ4n) is 3.01. The van der Waals surface area contributed by atoms with Crippen LogP contribution in [0.2, 0.25) is 0 Å². The summed E-state index contributed by atoms with van der Waals surface area (Å²) >= 11 is 1.26. The number of non-ortho nitro benzene ring substituents is 1. The predicted molar refractivity (Wildman–Crippen MR) is 126 cm³/mol. The Morgan fingerprint density at radius 3 is 2.44 bits per heavy atom. The van der Waals surface area contributed by atoms with Crippen molar-refractivity contribution >= 4 is 51.2 Å². The minimum absolute atomic E-state index is 0.0674. The lowest BCUT2D eigenvalue weighted by atomic mass is 10.1. The van der Waals surface area contributed by atoms with E-state index in [2.05, 4.69) is 10.1 Å². The molecule has 1 N–H and O–H groups in total. The number of amides is 1. The Balaban J connectivity index is 1.56. The van der Waals surface area contributed by atoms with E-state index in [9.17, 15) is 25.0 Å². The van der Waals surface area contributed by atoms with Crippen LogP contribution in [-0.2, 0) is 4.79 Å². The molecule has 0 bridgehead atoms. The van der Waals surface area contributed by atoms with E-state index in [1.165, 1.54) is 35.0 Å². The number of ether oxygens (including phenoxy) is 1. The number of nitrogens with zero attached hydrogens (tertiary/aromatic N) is 5. The van der Waals surface area contributed by atoms with Gasteiger partial charge in [-0.3, -0.25) is 30.4 Å². The number of nitro benzene ring substituents is 2. The summed E-state index contributed by atoms with van der Waals surface area (Å²) in [6, 6.07) is 9.33. The van der Waals surface area contributed by atoms with E-state index in [0.29, 0.717) is 10.7 Å². The molecule has 0 saturated carbocycles. The van der Waals surface area contributed by atoms with E-state index in [0.717, 1.165) is 23.2 Å². The molecule has 4 rings (SSSR count). The van der Waals surface area contributed by atoms with E-state index in [1.54, 1.807) is 12.1 Å².